The molecule has 1 saturated heterocycles. The van der Waals surface area contributed by atoms with E-state index < -0.39 is 0 Å². The molecule has 0 unspecified atom stereocenters. The number of aromatic nitrogens is 2. The van der Waals surface area contributed by atoms with Crippen molar-refractivity contribution in [2.75, 3.05) is 31.1 Å². The SMILES string of the molecule is O=C(/C=C/c1c(Cl)cccc1Cl)N1CCN(c2nc3cccnc3s2)CC1. The molecule has 1 aliphatic rings. The quantitative estimate of drug-likeness (QED) is 0.592. The molecule has 0 bridgehead atoms. The van der Waals surface area contributed by atoms with Crippen molar-refractivity contribution in [3.8, 4) is 0 Å². The summed E-state index contributed by atoms with van der Waals surface area (Å²) in [5, 5.41) is 2.01. The minimum absolute atomic E-state index is 0.0448. The van der Waals surface area contributed by atoms with Gasteiger partial charge in [-0.2, -0.15) is 0 Å². The predicted octanol–water partition coefficient (Wildman–Crippen LogP) is 4.36. The van der Waals surface area contributed by atoms with Crippen molar-refractivity contribution in [1.29, 1.82) is 0 Å². The molecule has 3 heterocycles. The molecule has 5 nitrogen and oxygen atoms in total. The van der Waals surface area contributed by atoms with E-state index in [1.54, 1.807) is 41.8 Å². The van der Waals surface area contributed by atoms with Crippen LogP contribution in [-0.2, 0) is 4.79 Å². The lowest BCUT2D eigenvalue weighted by molar-refractivity contribution is -0.126. The van der Waals surface area contributed by atoms with E-state index in [0.29, 0.717) is 28.7 Å². The summed E-state index contributed by atoms with van der Waals surface area (Å²) in [6.07, 6.45) is 4.99. The van der Waals surface area contributed by atoms with Gasteiger partial charge >= 0.3 is 0 Å². The summed E-state index contributed by atoms with van der Waals surface area (Å²) in [4.78, 5) is 26.4. The van der Waals surface area contributed by atoms with E-state index in [9.17, 15) is 4.79 Å². The van der Waals surface area contributed by atoms with Crippen molar-refractivity contribution in [3.63, 3.8) is 0 Å². The number of thiazole rings is 1. The molecule has 0 N–H and O–H groups in total. The molecule has 2 aromatic heterocycles. The lowest BCUT2D eigenvalue weighted by Crippen LogP contribution is -2.48. The Morgan fingerprint density at radius 2 is 1.81 bits per heavy atom. The molecular weight excluding hydrogens is 403 g/mol. The van der Waals surface area contributed by atoms with Crippen molar-refractivity contribution >= 4 is 62.0 Å². The average molecular weight is 419 g/mol. The van der Waals surface area contributed by atoms with Gasteiger partial charge in [0.1, 0.15) is 10.3 Å². The first-order chi connectivity index (χ1) is 13.1. The number of amides is 1. The third-order valence-electron chi connectivity index (χ3n) is 4.41. The van der Waals surface area contributed by atoms with Crippen LogP contribution in [0.15, 0.2) is 42.6 Å². The zero-order chi connectivity index (χ0) is 18.8. The molecule has 1 fully saturated rings. The van der Waals surface area contributed by atoms with Crippen molar-refractivity contribution in [2.24, 2.45) is 0 Å². The largest absolute Gasteiger partial charge is 0.344 e. The van der Waals surface area contributed by atoms with Gasteiger partial charge in [0, 0.05) is 54.1 Å². The van der Waals surface area contributed by atoms with Gasteiger partial charge in [0.2, 0.25) is 5.91 Å². The van der Waals surface area contributed by atoms with Gasteiger partial charge in [-0.3, -0.25) is 4.79 Å². The van der Waals surface area contributed by atoms with E-state index in [1.807, 2.05) is 17.0 Å². The van der Waals surface area contributed by atoms with Gasteiger partial charge in [-0.25, -0.2) is 9.97 Å². The Morgan fingerprint density at radius 3 is 2.52 bits per heavy atom. The fourth-order valence-corrected chi connectivity index (χ4v) is 4.43. The second kappa shape index (κ2) is 7.84. The molecule has 3 aromatic rings. The number of halogens is 2. The third-order valence-corrected chi connectivity index (χ3v) is 6.11. The van der Waals surface area contributed by atoms with E-state index in [1.165, 1.54) is 6.08 Å². The molecule has 1 amide bonds. The zero-order valence-corrected chi connectivity index (χ0v) is 16.6. The number of rotatable bonds is 3. The Kier molecular flexibility index (Phi) is 5.29. The van der Waals surface area contributed by atoms with Crippen LogP contribution in [-0.4, -0.2) is 47.0 Å². The number of carbonyl (C=O) groups is 1. The zero-order valence-electron chi connectivity index (χ0n) is 14.3. The number of nitrogens with zero attached hydrogens (tertiary/aromatic N) is 4. The van der Waals surface area contributed by atoms with Gasteiger partial charge in [0.25, 0.3) is 0 Å². The van der Waals surface area contributed by atoms with Crippen LogP contribution in [0.25, 0.3) is 16.4 Å². The van der Waals surface area contributed by atoms with Gasteiger partial charge in [-0.15, -0.1) is 0 Å². The van der Waals surface area contributed by atoms with Crippen molar-refractivity contribution in [3.05, 3.63) is 58.2 Å². The number of hydrogen-bond donors (Lipinski definition) is 0. The highest BCUT2D eigenvalue weighted by Crippen LogP contribution is 2.28. The first kappa shape index (κ1) is 18.2. The summed E-state index contributed by atoms with van der Waals surface area (Å²) in [5.74, 6) is -0.0448. The maximum absolute atomic E-state index is 12.5. The smallest absolute Gasteiger partial charge is 0.246 e. The van der Waals surface area contributed by atoms with Gasteiger partial charge < -0.3 is 9.80 Å². The monoisotopic (exact) mass is 418 g/mol. The van der Waals surface area contributed by atoms with Crippen LogP contribution < -0.4 is 4.90 Å². The molecule has 138 valence electrons. The Morgan fingerprint density at radius 1 is 1.07 bits per heavy atom. The molecule has 0 atom stereocenters. The summed E-state index contributed by atoms with van der Waals surface area (Å²) in [5.41, 5.74) is 1.57. The maximum Gasteiger partial charge on any atom is 0.246 e. The van der Waals surface area contributed by atoms with Crippen LogP contribution in [0.5, 0.6) is 0 Å². The molecule has 0 saturated carbocycles. The predicted molar refractivity (Wildman–Crippen MR) is 112 cm³/mol. The van der Waals surface area contributed by atoms with Crippen molar-refractivity contribution in [2.45, 2.75) is 0 Å². The molecule has 0 radical (unpaired) electrons. The standard InChI is InChI=1S/C19H16Cl2N4OS/c20-14-3-1-4-15(21)13(14)6-7-17(26)24-9-11-25(12-10-24)19-23-16-5-2-8-22-18(16)27-19/h1-8H,9-12H2/b7-6+. The molecule has 1 aliphatic heterocycles. The average Bonchev–Trinajstić information content (AvgIpc) is 3.12. The summed E-state index contributed by atoms with van der Waals surface area (Å²) >= 11 is 13.9. The molecule has 1 aromatic carbocycles. The summed E-state index contributed by atoms with van der Waals surface area (Å²) < 4.78 is 0. The Balaban J connectivity index is 1.40. The van der Waals surface area contributed by atoms with Crippen LogP contribution in [0, 0.1) is 0 Å². The van der Waals surface area contributed by atoms with Crippen LogP contribution in [0.2, 0.25) is 10.0 Å². The lowest BCUT2D eigenvalue weighted by atomic mass is 10.2. The highest BCUT2D eigenvalue weighted by Gasteiger charge is 2.22. The fraction of sp³-hybridized carbons (Fsp3) is 0.211. The van der Waals surface area contributed by atoms with Crippen molar-refractivity contribution < 1.29 is 4.79 Å². The molecule has 8 heteroatoms. The van der Waals surface area contributed by atoms with E-state index >= 15 is 0 Å². The minimum Gasteiger partial charge on any atom is -0.344 e. The molecule has 0 aliphatic carbocycles. The van der Waals surface area contributed by atoms with Crippen LogP contribution >= 0.6 is 34.5 Å². The maximum atomic E-state index is 12.5. The van der Waals surface area contributed by atoms with Crippen LogP contribution in [0.3, 0.4) is 0 Å². The van der Waals surface area contributed by atoms with Crippen LogP contribution in [0.4, 0.5) is 5.13 Å². The number of pyridine rings is 1. The number of piperazine rings is 1. The summed E-state index contributed by atoms with van der Waals surface area (Å²) in [6.45, 7) is 2.77. The second-order valence-corrected chi connectivity index (χ2v) is 7.88. The van der Waals surface area contributed by atoms with E-state index in [4.69, 9.17) is 23.2 Å². The number of carbonyl (C=O) groups excluding carboxylic acids is 1. The second-order valence-electron chi connectivity index (χ2n) is 6.11. The van der Waals surface area contributed by atoms with E-state index in [2.05, 4.69) is 14.9 Å². The van der Waals surface area contributed by atoms with Gasteiger partial charge in [0.15, 0.2) is 5.13 Å². The van der Waals surface area contributed by atoms with Crippen LogP contribution in [0.1, 0.15) is 5.56 Å². The van der Waals surface area contributed by atoms with Gasteiger partial charge in [-0.05, 0) is 30.3 Å². The number of hydrogen-bond acceptors (Lipinski definition) is 5. The number of benzene rings is 1. The topological polar surface area (TPSA) is 49.3 Å². The Bertz CT molecular complexity index is 959. The minimum atomic E-state index is -0.0448. The highest BCUT2D eigenvalue weighted by molar-refractivity contribution is 7.21. The fourth-order valence-electron chi connectivity index (χ4n) is 2.94. The van der Waals surface area contributed by atoms with E-state index in [0.717, 1.165) is 28.6 Å². The normalized spacial score (nSPS) is 15.0. The van der Waals surface area contributed by atoms with Gasteiger partial charge in [-0.1, -0.05) is 40.6 Å². The Labute approximate surface area is 170 Å². The molecular formula is C19H16Cl2N4OS. The lowest BCUT2D eigenvalue weighted by Gasteiger charge is -2.34. The third kappa shape index (κ3) is 3.93. The number of anilines is 1. The number of fused-ring (bicyclic) bond motifs is 1. The summed E-state index contributed by atoms with van der Waals surface area (Å²) in [7, 11) is 0. The first-order valence-electron chi connectivity index (χ1n) is 8.49. The molecule has 4 rings (SSSR count). The highest BCUT2D eigenvalue weighted by atomic mass is 35.5. The van der Waals surface area contributed by atoms with Crippen molar-refractivity contribution in [1.82, 2.24) is 14.9 Å². The van der Waals surface area contributed by atoms with E-state index in [-0.39, 0.29) is 5.91 Å². The summed E-state index contributed by atoms with van der Waals surface area (Å²) in [6, 6.07) is 9.14. The van der Waals surface area contributed by atoms with Gasteiger partial charge in [0.05, 0.1) is 0 Å². The first-order valence-corrected chi connectivity index (χ1v) is 10.1. The molecule has 0 spiro atoms. The molecule has 27 heavy (non-hydrogen) atoms. The Hall–Kier alpha value is -2.15.